The van der Waals surface area contributed by atoms with Gasteiger partial charge in [0.05, 0.1) is 6.07 Å². The van der Waals surface area contributed by atoms with Gasteiger partial charge in [-0.15, -0.1) is 0 Å². The molecule has 0 heterocycles. The van der Waals surface area contributed by atoms with E-state index in [4.69, 9.17) is 5.26 Å². The SMILES string of the molecule is N#CCN(C(=O)c1cccc(F)c1)c1ccccc1. The Bertz CT molecular complexity index is 620. The molecule has 0 aliphatic heterocycles. The lowest BCUT2D eigenvalue weighted by Gasteiger charge is -2.19. The summed E-state index contributed by atoms with van der Waals surface area (Å²) in [6, 6.07) is 16.2. The van der Waals surface area contributed by atoms with Gasteiger partial charge in [0, 0.05) is 11.3 Å². The zero-order valence-electron chi connectivity index (χ0n) is 10.1. The van der Waals surface area contributed by atoms with E-state index in [1.807, 2.05) is 12.1 Å². The lowest BCUT2D eigenvalue weighted by molar-refractivity contribution is 0.0989. The molecule has 19 heavy (non-hydrogen) atoms. The molecule has 0 unspecified atom stereocenters. The average molecular weight is 254 g/mol. The summed E-state index contributed by atoms with van der Waals surface area (Å²) in [5, 5.41) is 8.83. The Morgan fingerprint density at radius 2 is 1.89 bits per heavy atom. The van der Waals surface area contributed by atoms with Gasteiger partial charge < -0.3 is 0 Å². The summed E-state index contributed by atoms with van der Waals surface area (Å²) < 4.78 is 13.1. The number of amides is 1. The molecule has 0 bridgehead atoms. The maximum absolute atomic E-state index is 13.1. The van der Waals surface area contributed by atoms with E-state index in [1.54, 1.807) is 24.3 Å². The van der Waals surface area contributed by atoms with Crippen LogP contribution in [0.2, 0.25) is 0 Å². The highest BCUT2D eigenvalue weighted by Crippen LogP contribution is 2.16. The standard InChI is InChI=1S/C15H11FN2O/c16-13-6-4-5-12(11-13)15(19)18(10-9-17)14-7-2-1-3-8-14/h1-8,11H,10H2. The molecule has 0 aliphatic carbocycles. The van der Waals surface area contributed by atoms with E-state index in [2.05, 4.69) is 0 Å². The third kappa shape index (κ3) is 2.96. The van der Waals surface area contributed by atoms with E-state index >= 15 is 0 Å². The van der Waals surface area contributed by atoms with Crippen LogP contribution in [0, 0.1) is 17.1 Å². The van der Waals surface area contributed by atoms with Crippen molar-refractivity contribution in [2.24, 2.45) is 0 Å². The highest BCUT2D eigenvalue weighted by atomic mass is 19.1. The Hall–Kier alpha value is -2.67. The number of carbonyl (C=O) groups excluding carboxylic acids is 1. The molecular weight excluding hydrogens is 243 g/mol. The number of rotatable bonds is 3. The second-order valence-electron chi connectivity index (χ2n) is 3.90. The molecule has 0 aromatic heterocycles. The highest BCUT2D eigenvalue weighted by molar-refractivity contribution is 6.06. The van der Waals surface area contributed by atoms with Gasteiger partial charge in [0.2, 0.25) is 0 Å². The molecule has 0 aliphatic rings. The summed E-state index contributed by atoms with van der Waals surface area (Å²) in [7, 11) is 0. The molecule has 1 amide bonds. The maximum atomic E-state index is 13.1. The quantitative estimate of drug-likeness (QED) is 0.790. The predicted octanol–water partition coefficient (Wildman–Crippen LogP) is 3.00. The van der Waals surface area contributed by atoms with Crippen LogP contribution in [0.15, 0.2) is 54.6 Å². The third-order valence-electron chi connectivity index (χ3n) is 2.61. The van der Waals surface area contributed by atoms with Crippen molar-refractivity contribution in [3.63, 3.8) is 0 Å². The lowest BCUT2D eigenvalue weighted by Crippen LogP contribution is -2.31. The smallest absolute Gasteiger partial charge is 0.259 e. The second kappa shape index (κ2) is 5.78. The minimum atomic E-state index is -0.476. The van der Waals surface area contributed by atoms with Crippen molar-refractivity contribution < 1.29 is 9.18 Å². The van der Waals surface area contributed by atoms with Crippen molar-refractivity contribution in [2.45, 2.75) is 0 Å². The van der Waals surface area contributed by atoms with Gasteiger partial charge in [-0.05, 0) is 30.3 Å². The number of halogens is 1. The van der Waals surface area contributed by atoms with Gasteiger partial charge in [0.1, 0.15) is 12.4 Å². The molecule has 94 valence electrons. The largest absolute Gasteiger partial charge is 0.295 e. The first-order valence-electron chi connectivity index (χ1n) is 5.72. The molecule has 3 nitrogen and oxygen atoms in total. The van der Waals surface area contributed by atoms with Crippen LogP contribution in [0.3, 0.4) is 0 Å². The number of benzene rings is 2. The molecule has 2 aromatic carbocycles. The number of nitrogens with zero attached hydrogens (tertiary/aromatic N) is 2. The predicted molar refractivity (Wildman–Crippen MR) is 70.1 cm³/mol. The second-order valence-corrected chi connectivity index (χ2v) is 3.90. The summed E-state index contributed by atoms with van der Waals surface area (Å²) in [5.74, 6) is -0.872. The van der Waals surface area contributed by atoms with Gasteiger partial charge in [-0.3, -0.25) is 9.69 Å². The zero-order chi connectivity index (χ0) is 13.7. The Balaban J connectivity index is 2.35. The van der Waals surface area contributed by atoms with E-state index < -0.39 is 11.7 Å². The molecule has 0 atom stereocenters. The maximum Gasteiger partial charge on any atom is 0.259 e. The van der Waals surface area contributed by atoms with Gasteiger partial charge in [-0.2, -0.15) is 5.26 Å². The molecule has 0 saturated heterocycles. The van der Waals surface area contributed by atoms with Crippen LogP contribution in [0.25, 0.3) is 0 Å². The normalized spacial score (nSPS) is 9.68. The minimum Gasteiger partial charge on any atom is -0.295 e. The molecular formula is C15H11FN2O. The Morgan fingerprint density at radius 1 is 1.16 bits per heavy atom. The van der Waals surface area contributed by atoms with Crippen LogP contribution in [-0.4, -0.2) is 12.5 Å². The fraction of sp³-hybridized carbons (Fsp3) is 0.0667. The minimum absolute atomic E-state index is 0.0840. The molecule has 2 aromatic rings. The van der Waals surface area contributed by atoms with E-state index in [1.165, 1.54) is 23.1 Å². The number of hydrogen-bond donors (Lipinski definition) is 0. The van der Waals surface area contributed by atoms with E-state index in [-0.39, 0.29) is 12.1 Å². The molecule has 0 saturated carbocycles. The van der Waals surface area contributed by atoms with Gasteiger partial charge in [-0.1, -0.05) is 24.3 Å². The Morgan fingerprint density at radius 3 is 2.53 bits per heavy atom. The van der Waals surface area contributed by atoms with Crippen LogP contribution in [0.5, 0.6) is 0 Å². The number of anilines is 1. The molecule has 2 rings (SSSR count). The Kier molecular flexibility index (Phi) is 3.89. The van der Waals surface area contributed by atoms with Gasteiger partial charge in [-0.25, -0.2) is 4.39 Å². The van der Waals surface area contributed by atoms with Crippen LogP contribution >= 0.6 is 0 Å². The summed E-state index contributed by atoms with van der Waals surface area (Å²) in [5.41, 5.74) is 0.831. The molecule has 0 radical (unpaired) electrons. The fourth-order valence-electron chi connectivity index (χ4n) is 1.74. The fourth-order valence-corrected chi connectivity index (χ4v) is 1.74. The molecule has 0 N–H and O–H groups in total. The van der Waals surface area contributed by atoms with Crippen molar-refractivity contribution in [2.75, 3.05) is 11.4 Å². The van der Waals surface area contributed by atoms with Crippen LogP contribution in [0.4, 0.5) is 10.1 Å². The third-order valence-corrected chi connectivity index (χ3v) is 2.61. The van der Waals surface area contributed by atoms with Crippen molar-refractivity contribution in [3.05, 3.63) is 66.0 Å². The monoisotopic (exact) mass is 254 g/mol. The van der Waals surface area contributed by atoms with Gasteiger partial charge in [0.25, 0.3) is 5.91 Å². The summed E-state index contributed by atoms with van der Waals surface area (Å²) in [6.07, 6.45) is 0. The first-order chi connectivity index (χ1) is 9.22. The molecule has 0 fully saturated rings. The number of nitriles is 1. The topological polar surface area (TPSA) is 44.1 Å². The van der Waals surface area contributed by atoms with Crippen LogP contribution < -0.4 is 4.90 Å². The summed E-state index contributed by atoms with van der Waals surface area (Å²) in [6.45, 7) is -0.0840. The van der Waals surface area contributed by atoms with E-state index in [9.17, 15) is 9.18 Å². The van der Waals surface area contributed by atoms with Gasteiger partial charge in [0.15, 0.2) is 0 Å². The van der Waals surface area contributed by atoms with E-state index in [0.717, 1.165) is 6.07 Å². The average Bonchev–Trinajstić information content (AvgIpc) is 2.45. The van der Waals surface area contributed by atoms with Crippen molar-refractivity contribution >= 4 is 11.6 Å². The summed E-state index contributed by atoms with van der Waals surface area (Å²) >= 11 is 0. The first-order valence-corrected chi connectivity index (χ1v) is 5.72. The molecule has 4 heteroatoms. The van der Waals surface area contributed by atoms with Crippen LogP contribution in [-0.2, 0) is 0 Å². The highest BCUT2D eigenvalue weighted by Gasteiger charge is 2.17. The summed E-state index contributed by atoms with van der Waals surface area (Å²) in [4.78, 5) is 13.6. The van der Waals surface area contributed by atoms with Crippen LogP contribution in [0.1, 0.15) is 10.4 Å². The molecule has 0 spiro atoms. The zero-order valence-corrected chi connectivity index (χ0v) is 10.1. The van der Waals surface area contributed by atoms with Crippen molar-refractivity contribution in [1.29, 1.82) is 5.26 Å². The van der Waals surface area contributed by atoms with Crippen molar-refractivity contribution in [1.82, 2.24) is 0 Å². The number of para-hydroxylation sites is 1. The first kappa shape index (κ1) is 12.8. The van der Waals surface area contributed by atoms with Gasteiger partial charge >= 0.3 is 0 Å². The lowest BCUT2D eigenvalue weighted by atomic mass is 10.1. The number of carbonyl (C=O) groups is 1. The number of hydrogen-bond acceptors (Lipinski definition) is 2. The van der Waals surface area contributed by atoms with Crippen molar-refractivity contribution in [3.8, 4) is 6.07 Å². The Labute approximate surface area is 110 Å². The van der Waals surface area contributed by atoms with E-state index in [0.29, 0.717) is 5.69 Å².